The van der Waals surface area contributed by atoms with E-state index in [9.17, 15) is 5.11 Å². The van der Waals surface area contributed by atoms with Crippen LogP contribution >= 0.6 is 15.9 Å². The minimum Gasteiger partial charge on any atom is -0.493 e. The van der Waals surface area contributed by atoms with Crippen molar-refractivity contribution >= 4 is 15.9 Å². The molecule has 0 aromatic heterocycles. The van der Waals surface area contributed by atoms with Crippen LogP contribution in [0, 0.1) is 0 Å². The van der Waals surface area contributed by atoms with Crippen LogP contribution in [0.3, 0.4) is 0 Å². The van der Waals surface area contributed by atoms with E-state index >= 15 is 0 Å². The summed E-state index contributed by atoms with van der Waals surface area (Å²) in [6, 6.07) is 3.77. The van der Waals surface area contributed by atoms with E-state index in [0.717, 1.165) is 22.9 Å². The highest BCUT2D eigenvalue weighted by Gasteiger charge is 2.41. The van der Waals surface area contributed by atoms with E-state index in [-0.39, 0.29) is 0 Å². The average Bonchev–Trinajstić information content (AvgIpc) is 2.99. The normalized spacial score (nSPS) is 17.0. The van der Waals surface area contributed by atoms with Gasteiger partial charge in [-0.05, 0) is 25.0 Å². The van der Waals surface area contributed by atoms with Gasteiger partial charge in [0, 0.05) is 16.5 Å². The standard InChI is InChI=1S/C12H15BrO3/c1-15-10-4-3-9(13)8(11(10)16-2)7-12(14)5-6-12/h3-4,14H,5-7H2,1-2H3. The quantitative estimate of drug-likeness (QED) is 0.925. The fraction of sp³-hybridized carbons (Fsp3) is 0.500. The predicted molar refractivity (Wildman–Crippen MR) is 65.1 cm³/mol. The fourth-order valence-electron chi connectivity index (χ4n) is 1.78. The molecule has 1 aromatic rings. The SMILES string of the molecule is COc1ccc(Br)c(CC2(O)CC2)c1OC. The summed E-state index contributed by atoms with van der Waals surface area (Å²) in [5.41, 5.74) is 0.434. The monoisotopic (exact) mass is 286 g/mol. The Bertz CT molecular complexity index is 399. The highest BCUT2D eigenvalue weighted by molar-refractivity contribution is 9.10. The van der Waals surface area contributed by atoms with Crippen molar-refractivity contribution in [3.05, 3.63) is 22.2 Å². The maximum atomic E-state index is 9.97. The average molecular weight is 287 g/mol. The van der Waals surface area contributed by atoms with E-state index in [2.05, 4.69) is 15.9 Å². The Morgan fingerprint density at radius 3 is 2.50 bits per heavy atom. The third kappa shape index (κ3) is 2.18. The molecule has 0 saturated heterocycles. The van der Waals surface area contributed by atoms with E-state index in [1.807, 2.05) is 12.1 Å². The number of aliphatic hydroxyl groups is 1. The molecule has 0 amide bonds. The van der Waals surface area contributed by atoms with Gasteiger partial charge in [-0.3, -0.25) is 0 Å². The number of methoxy groups -OCH3 is 2. The lowest BCUT2D eigenvalue weighted by atomic mass is 10.0. The first-order valence-electron chi connectivity index (χ1n) is 5.21. The van der Waals surface area contributed by atoms with Crippen LogP contribution in [0.5, 0.6) is 11.5 Å². The lowest BCUT2D eigenvalue weighted by Gasteiger charge is -2.16. The van der Waals surface area contributed by atoms with Gasteiger partial charge < -0.3 is 14.6 Å². The molecule has 0 aliphatic heterocycles. The molecule has 2 rings (SSSR count). The van der Waals surface area contributed by atoms with Gasteiger partial charge in [0.15, 0.2) is 11.5 Å². The van der Waals surface area contributed by atoms with E-state index in [1.54, 1.807) is 14.2 Å². The Morgan fingerprint density at radius 1 is 1.31 bits per heavy atom. The van der Waals surface area contributed by atoms with E-state index in [0.29, 0.717) is 17.9 Å². The van der Waals surface area contributed by atoms with Gasteiger partial charge in [0.25, 0.3) is 0 Å². The van der Waals surface area contributed by atoms with Gasteiger partial charge >= 0.3 is 0 Å². The first kappa shape index (κ1) is 11.7. The molecule has 3 nitrogen and oxygen atoms in total. The Balaban J connectivity index is 2.39. The Morgan fingerprint density at radius 2 is 2.00 bits per heavy atom. The van der Waals surface area contributed by atoms with E-state index in [4.69, 9.17) is 9.47 Å². The van der Waals surface area contributed by atoms with Crippen molar-refractivity contribution in [2.45, 2.75) is 24.9 Å². The van der Waals surface area contributed by atoms with Crippen LogP contribution in [0.4, 0.5) is 0 Å². The summed E-state index contributed by atoms with van der Waals surface area (Å²) in [5, 5.41) is 9.97. The molecule has 1 aromatic carbocycles. The molecule has 1 saturated carbocycles. The van der Waals surface area contributed by atoms with Gasteiger partial charge in [0.05, 0.1) is 19.8 Å². The lowest BCUT2D eigenvalue weighted by Crippen LogP contribution is -2.12. The zero-order valence-electron chi connectivity index (χ0n) is 9.42. The maximum Gasteiger partial charge on any atom is 0.165 e. The van der Waals surface area contributed by atoms with Gasteiger partial charge in [0.2, 0.25) is 0 Å². The molecule has 1 N–H and O–H groups in total. The van der Waals surface area contributed by atoms with Crippen molar-refractivity contribution in [1.29, 1.82) is 0 Å². The largest absolute Gasteiger partial charge is 0.493 e. The Labute approximate surface area is 104 Å². The summed E-state index contributed by atoms with van der Waals surface area (Å²) in [4.78, 5) is 0. The van der Waals surface area contributed by atoms with Crippen molar-refractivity contribution in [3.63, 3.8) is 0 Å². The van der Waals surface area contributed by atoms with Crippen molar-refractivity contribution in [2.24, 2.45) is 0 Å². The van der Waals surface area contributed by atoms with E-state index < -0.39 is 5.60 Å². The van der Waals surface area contributed by atoms with Gasteiger partial charge in [-0.25, -0.2) is 0 Å². The van der Waals surface area contributed by atoms with Crippen molar-refractivity contribution < 1.29 is 14.6 Å². The summed E-state index contributed by atoms with van der Waals surface area (Å²) >= 11 is 3.49. The Hall–Kier alpha value is -0.740. The van der Waals surface area contributed by atoms with Crippen LogP contribution in [0.15, 0.2) is 16.6 Å². The molecule has 16 heavy (non-hydrogen) atoms. The summed E-state index contributed by atoms with van der Waals surface area (Å²) in [6.07, 6.45) is 2.33. The summed E-state index contributed by atoms with van der Waals surface area (Å²) in [6.45, 7) is 0. The van der Waals surface area contributed by atoms with Crippen LogP contribution in [0.2, 0.25) is 0 Å². The van der Waals surface area contributed by atoms with Gasteiger partial charge in [-0.1, -0.05) is 15.9 Å². The van der Waals surface area contributed by atoms with Crippen LogP contribution in [0.1, 0.15) is 18.4 Å². The molecule has 0 atom stereocenters. The lowest BCUT2D eigenvalue weighted by molar-refractivity contribution is 0.149. The number of halogens is 1. The van der Waals surface area contributed by atoms with Crippen molar-refractivity contribution in [1.82, 2.24) is 0 Å². The van der Waals surface area contributed by atoms with Crippen molar-refractivity contribution in [2.75, 3.05) is 14.2 Å². The van der Waals surface area contributed by atoms with Crippen molar-refractivity contribution in [3.8, 4) is 11.5 Å². The van der Waals surface area contributed by atoms with Gasteiger partial charge in [0.1, 0.15) is 0 Å². The molecule has 1 aliphatic carbocycles. The second-order valence-corrected chi connectivity index (χ2v) is 5.02. The molecular weight excluding hydrogens is 272 g/mol. The number of hydrogen-bond donors (Lipinski definition) is 1. The van der Waals surface area contributed by atoms with Gasteiger partial charge in [-0.15, -0.1) is 0 Å². The molecule has 4 heteroatoms. The fourth-order valence-corrected chi connectivity index (χ4v) is 2.23. The first-order valence-corrected chi connectivity index (χ1v) is 6.01. The van der Waals surface area contributed by atoms with E-state index in [1.165, 1.54) is 0 Å². The Kier molecular flexibility index (Phi) is 3.13. The van der Waals surface area contributed by atoms with Crippen LogP contribution < -0.4 is 9.47 Å². The third-order valence-electron chi connectivity index (χ3n) is 2.92. The minimum absolute atomic E-state index is 0.540. The zero-order chi connectivity index (χ0) is 11.8. The topological polar surface area (TPSA) is 38.7 Å². The molecule has 0 radical (unpaired) electrons. The van der Waals surface area contributed by atoms with Crippen LogP contribution in [-0.2, 0) is 6.42 Å². The summed E-state index contributed by atoms with van der Waals surface area (Å²) < 4.78 is 11.5. The molecule has 1 fully saturated rings. The highest BCUT2D eigenvalue weighted by Crippen LogP contribution is 2.44. The number of rotatable bonds is 4. The smallest absolute Gasteiger partial charge is 0.165 e. The zero-order valence-corrected chi connectivity index (χ0v) is 11.0. The second-order valence-electron chi connectivity index (χ2n) is 4.16. The molecule has 0 heterocycles. The maximum absolute atomic E-state index is 9.97. The van der Waals surface area contributed by atoms with Crippen LogP contribution in [-0.4, -0.2) is 24.9 Å². The summed E-state index contributed by atoms with van der Waals surface area (Å²) in [7, 11) is 3.23. The second kappa shape index (κ2) is 4.26. The molecule has 0 bridgehead atoms. The number of hydrogen-bond acceptors (Lipinski definition) is 3. The number of benzene rings is 1. The molecule has 0 spiro atoms. The molecule has 88 valence electrons. The first-order chi connectivity index (χ1) is 7.59. The molecule has 1 aliphatic rings. The summed E-state index contributed by atoms with van der Waals surface area (Å²) in [5.74, 6) is 1.40. The number of ether oxygens (including phenoxy) is 2. The predicted octanol–water partition coefficient (Wildman–Crippen LogP) is 2.53. The molecule has 0 unspecified atom stereocenters. The van der Waals surface area contributed by atoms with Gasteiger partial charge in [-0.2, -0.15) is 0 Å². The minimum atomic E-state index is -0.540. The van der Waals surface area contributed by atoms with Crippen LogP contribution in [0.25, 0.3) is 0 Å². The molecular formula is C12H15BrO3. The highest BCUT2D eigenvalue weighted by atomic mass is 79.9. The third-order valence-corrected chi connectivity index (χ3v) is 3.67.